The van der Waals surface area contributed by atoms with Crippen molar-refractivity contribution in [1.29, 1.82) is 0 Å². The van der Waals surface area contributed by atoms with Gasteiger partial charge in [0.1, 0.15) is 11.6 Å². The summed E-state index contributed by atoms with van der Waals surface area (Å²) in [5, 5.41) is 3.96. The number of alkyl halides is 6. The van der Waals surface area contributed by atoms with Gasteiger partial charge >= 0.3 is 12.4 Å². The van der Waals surface area contributed by atoms with Crippen LogP contribution in [0.1, 0.15) is 64.6 Å². The molecule has 12 heteroatoms. The Labute approximate surface area is 230 Å². The minimum Gasteiger partial charge on any atom is -0.368 e. The van der Waals surface area contributed by atoms with Crippen molar-refractivity contribution < 1.29 is 44.8 Å². The van der Waals surface area contributed by atoms with Gasteiger partial charge in [0.2, 0.25) is 5.91 Å². The molecule has 0 saturated carbocycles. The number of nitrogens with zero attached hydrogens (tertiary/aromatic N) is 2. The molecule has 3 heterocycles. The van der Waals surface area contributed by atoms with Gasteiger partial charge in [0.25, 0.3) is 0 Å². The molecule has 2 aliphatic heterocycles. The van der Waals surface area contributed by atoms with Gasteiger partial charge in [-0.15, -0.1) is 0 Å². The second-order valence-corrected chi connectivity index (χ2v) is 10.4. The molecular formula is C29H25F7N2O3. The number of hydrogen-bond acceptors (Lipinski definition) is 4. The summed E-state index contributed by atoms with van der Waals surface area (Å²) in [4.78, 5) is 14.8. The summed E-state index contributed by atoms with van der Waals surface area (Å²) in [6, 6.07) is 6.42. The number of benzene rings is 2. The van der Waals surface area contributed by atoms with E-state index in [2.05, 4.69) is 5.16 Å². The van der Waals surface area contributed by atoms with Crippen molar-refractivity contribution in [3.05, 3.63) is 93.6 Å². The van der Waals surface area contributed by atoms with Gasteiger partial charge in [-0.1, -0.05) is 17.3 Å². The van der Waals surface area contributed by atoms with Crippen LogP contribution in [0.15, 0.2) is 53.1 Å². The van der Waals surface area contributed by atoms with Crippen molar-refractivity contribution >= 4 is 11.5 Å². The third-order valence-electron chi connectivity index (χ3n) is 7.67. The van der Waals surface area contributed by atoms with Crippen molar-refractivity contribution in [1.82, 2.24) is 10.1 Å². The fraction of sp³-hybridized carbons (Fsp3) is 0.379. The maximum Gasteiger partial charge on any atom is 0.416 e. The molecule has 2 aliphatic rings. The van der Waals surface area contributed by atoms with E-state index in [9.17, 15) is 35.5 Å². The fourth-order valence-corrected chi connectivity index (χ4v) is 5.81. The van der Waals surface area contributed by atoms with Gasteiger partial charge in [0, 0.05) is 30.1 Å². The van der Waals surface area contributed by atoms with Crippen LogP contribution in [0, 0.1) is 19.7 Å². The third-order valence-corrected chi connectivity index (χ3v) is 7.67. The maximum absolute atomic E-state index is 13.8. The molecule has 1 amide bonds. The smallest absolute Gasteiger partial charge is 0.368 e. The molecule has 1 saturated heterocycles. The molecule has 0 radical (unpaired) electrons. The molecule has 0 spiro atoms. The van der Waals surface area contributed by atoms with Crippen molar-refractivity contribution in [2.75, 3.05) is 6.54 Å². The summed E-state index contributed by atoms with van der Waals surface area (Å²) in [5.74, 6) is -0.855. The van der Waals surface area contributed by atoms with E-state index in [1.807, 2.05) is 0 Å². The van der Waals surface area contributed by atoms with Gasteiger partial charge in [-0.25, -0.2) is 4.39 Å². The van der Waals surface area contributed by atoms with Crippen LogP contribution in [-0.4, -0.2) is 34.7 Å². The average molecular weight is 583 g/mol. The van der Waals surface area contributed by atoms with E-state index in [0.29, 0.717) is 46.7 Å². The SMILES string of the molecule is Cc1noc(C)c1C1=CC(=O)N2C[C@H](O[C@H](C)c3cc(C(F)(F)F)cc(C(F)(F)F)c3)C(c3ccc(F)cc3)C2C1. The Bertz CT molecular complexity index is 1440. The Morgan fingerprint density at radius 2 is 1.61 bits per heavy atom. The fourth-order valence-electron chi connectivity index (χ4n) is 5.81. The van der Waals surface area contributed by atoms with Gasteiger partial charge in [-0.2, -0.15) is 26.3 Å². The van der Waals surface area contributed by atoms with Crippen molar-refractivity contribution in [3.8, 4) is 0 Å². The van der Waals surface area contributed by atoms with Crippen LogP contribution in [0.2, 0.25) is 0 Å². The average Bonchev–Trinajstić information content (AvgIpc) is 3.42. The van der Waals surface area contributed by atoms with Gasteiger partial charge in [-0.3, -0.25) is 4.79 Å². The van der Waals surface area contributed by atoms with E-state index >= 15 is 0 Å². The number of ether oxygens (including phenoxy) is 1. The molecule has 0 N–H and O–H groups in total. The van der Waals surface area contributed by atoms with Crippen LogP contribution in [0.5, 0.6) is 0 Å². The lowest BCUT2D eigenvalue weighted by Crippen LogP contribution is -2.39. The summed E-state index contributed by atoms with van der Waals surface area (Å²) < 4.78 is 106. The van der Waals surface area contributed by atoms with Crippen LogP contribution in [-0.2, 0) is 21.9 Å². The summed E-state index contributed by atoms with van der Waals surface area (Å²) >= 11 is 0. The number of carbonyl (C=O) groups is 1. The number of hydrogen-bond donors (Lipinski definition) is 0. The number of aryl methyl sites for hydroxylation is 2. The van der Waals surface area contributed by atoms with Crippen molar-refractivity contribution in [2.45, 2.75) is 63.7 Å². The van der Waals surface area contributed by atoms with Crippen LogP contribution in [0.4, 0.5) is 30.7 Å². The Hall–Kier alpha value is -3.67. The zero-order valence-corrected chi connectivity index (χ0v) is 22.1. The molecular weight excluding hydrogens is 557 g/mol. The van der Waals surface area contributed by atoms with Gasteiger partial charge < -0.3 is 14.2 Å². The molecule has 1 fully saturated rings. The number of halogens is 7. The molecule has 0 aliphatic carbocycles. The molecule has 41 heavy (non-hydrogen) atoms. The largest absolute Gasteiger partial charge is 0.416 e. The van der Waals surface area contributed by atoms with E-state index in [4.69, 9.17) is 9.26 Å². The number of aromatic nitrogens is 1. The van der Waals surface area contributed by atoms with E-state index in [0.717, 1.165) is 0 Å². The predicted molar refractivity (Wildman–Crippen MR) is 133 cm³/mol. The quantitative estimate of drug-likeness (QED) is 0.295. The first kappa shape index (κ1) is 28.8. The molecule has 3 aromatic rings. The van der Waals surface area contributed by atoms with Crippen LogP contribution in [0.3, 0.4) is 0 Å². The minimum atomic E-state index is -5.01. The van der Waals surface area contributed by atoms with E-state index in [1.165, 1.54) is 37.3 Å². The van der Waals surface area contributed by atoms with Gasteiger partial charge in [-0.05, 0) is 74.2 Å². The molecule has 218 valence electrons. The topological polar surface area (TPSA) is 55.6 Å². The molecule has 0 bridgehead atoms. The molecule has 2 aromatic carbocycles. The summed E-state index contributed by atoms with van der Waals surface area (Å²) in [6.45, 7) is 4.86. The van der Waals surface area contributed by atoms with Gasteiger partial charge in [0.15, 0.2) is 0 Å². The zero-order chi connectivity index (χ0) is 29.9. The van der Waals surface area contributed by atoms with E-state index < -0.39 is 53.5 Å². The zero-order valence-electron chi connectivity index (χ0n) is 22.1. The highest BCUT2D eigenvalue weighted by atomic mass is 19.4. The Balaban J connectivity index is 1.51. The number of fused-ring (bicyclic) bond motifs is 1. The Morgan fingerprint density at radius 1 is 1.00 bits per heavy atom. The van der Waals surface area contributed by atoms with Gasteiger partial charge in [0.05, 0.1) is 29.0 Å². The molecule has 5 nitrogen and oxygen atoms in total. The Morgan fingerprint density at radius 3 is 2.15 bits per heavy atom. The highest BCUT2D eigenvalue weighted by Gasteiger charge is 2.48. The summed E-state index contributed by atoms with van der Waals surface area (Å²) in [7, 11) is 0. The monoisotopic (exact) mass is 582 g/mol. The van der Waals surface area contributed by atoms with Crippen LogP contribution < -0.4 is 0 Å². The molecule has 1 aromatic heterocycles. The highest BCUT2D eigenvalue weighted by molar-refractivity contribution is 5.98. The lowest BCUT2D eigenvalue weighted by molar-refractivity contribution is -0.143. The second-order valence-electron chi connectivity index (χ2n) is 10.4. The first-order chi connectivity index (χ1) is 19.1. The van der Waals surface area contributed by atoms with Crippen molar-refractivity contribution in [2.24, 2.45) is 0 Å². The lowest BCUT2D eigenvalue weighted by Gasteiger charge is -2.32. The first-order valence-corrected chi connectivity index (χ1v) is 12.8. The number of rotatable bonds is 5. The standard InChI is InChI=1S/C29H25F7N2O3/c1-14-26(16(3)41-37-14)19-10-23-27(17-4-6-22(30)7-5-17)24(13-38(23)25(39)11-19)40-15(2)18-8-20(28(31,32)33)12-21(9-18)29(34,35)36/h4-9,11-12,15,23-24,27H,10,13H2,1-3H3/t15-,23?,24+,27?/m1/s1. The maximum atomic E-state index is 13.8. The first-order valence-electron chi connectivity index (χ1n) is 12.8. The van der Waals surface area contributed by atoms with Crippen LogP contribution in [0.25, 0.3) is 5.57 Å². The lowest BCUT2D eigenvalue weighted by atomic mass is 9.83. The number of carbonyl (C=O) groups excluding carboxylic acids is 1. The molecule has 5 rings (SSSR count). The number of amides is 1. The Kier molecular flexibility index (Phi) is 7.25. The summed E-state index contributed by atoms with van der Waals surface area (Å²) in [6.07, 6.45) is -10.2. The van der Waals surface area contributed by atoms with Crippen LogP contribution >= 0.6 is 0 Å². The normalized spacial score (nSPS) is 22.1. The van der Waals surface area contributed by atoms with E-state index in [1.54, 1.807) is 18.7 Å². The third kappa shape index (κ3) is 5.61. The molecule has 2 unspecified atom stereocenters. The summed E-state index contributed by atoms with van der Waals surface area (Å²) in [5.41, 5.74) is -0.615. The van der Waals surface area contributed by atoms with Crippen molar-refractivity contribution in [3.63, 3.8) is 0 Å². The predicted octanol–water partition coefficient (Wildman–Crippen LogP) is 7.40. The molecule has 4 atom stereocenters. The minimum absolute atomic E-state index is 0.0341. The highest BCUT2D eigenvalue weighted by Crippen LogP contribution is 2.45. The second kappa shape index (κ2) is 10.3. The van der Waals surface area contributed by atoms with E-state index in [-0.39, 0.29) is 24.1 Å².